The second kappa shape index (κ2) is 9.15. The monoisotopic (exact) mass is 446 g/mol. The molecule has 1 aromatic heterocycles. The molecule has 0 bridgehead atoms. The van der Waals surface area contributed by atoms with E-state index in [0.717, 1.165) is 75.4 Å². The number of H-pyrrole nitrogens is 1. The summed E-state index contributed by atoms with van der Waals surface area (Å²) in [5.41, 5.74) is 2.27. The van der Waals surface area contributed by atoms with Crippen molar-refractivity contribution in [3.63, 3.8) is 0 Å². The number of piperazine rings is 1. The summed E-state index contributed by atoms with van der Waals surface area (Å²) in [5, 5.41) is 10.6. The third-order valence-corrected chi connectivity index (χ3v) is 6.60. The number of aromatic amines is 1. The molecule has 0 aliphatic carbocycles. The van der Waals surface area contributed by atoms with Crippen molar-refractivity contribution in [2.45, 2.75) is 25.9 Å². The highest BCUT2D eigenvalue weighted by atomic mass is 79.9. The molecule has 0 radical (unpaired) electrons. The minimum atomic E-state index is 0.170. The SMILES string of the molecule is O=C(C1CCN(Cc2c[nH]nn2)CC1)N1CCN(Cc2ccccc2Br)CC1. The molecule has 1 amide bonds. The van der Waals surface area contributed by atoms with Gasteiger partial charge in [-0.3, -0.25) is 19.7 Å². The lowest BCUT2D eigenvalue weighted by Crippen LogP contribution is -2.51. The van der Waals surface area contributed by atoms with Crippen LogP contribution in [0.1, 0.15) is 24.1 Å². The zero-order chi connectivity index (χ0) is 19.3. The van der Waals surface area contributed by atoms with Crippen LogP contribution in [0.5, 0.6) is 0 Å². The van der Waals surface area contributed by atoms with Crippen LogP contribution < -0.4 is 0 Å². The molecule has 3 heterocycles. The fraction of sp³-hybridized carbons (Fsp3) is 0.550. The van der Waals surface area contributed by atoms with Crippen molar-refractivity contribution in [1.29, 1.82) is 0 Å². The first-order valence-corrected chi connectivity index (χ1v) is 10.8. The van der Waals surface area contributed by atoms with Gasteiger partial charge in [0.2, 0.25) is 5.91 Å². The Morgan fingerprint density at radius 2 is 1.75 bits per heavy atom. The number of aromatic nitrogens is 3. The molecular weight excluding hydrogens is 420 g/mol. The highest BCUT2D eigenvalue weighted by molar-refractivity contribution is 9.10. The van der Waals surface area contributed by atoms with Crippen molar-refractivity contribution < 1.29 is 4.79 Å². The van der Waals surface area contributed by atoms with E-state index in [9.17, 15) is 4.79 Å². The van der Waals surface area contributed by atoms with Gasteiger partial charge in [0.15, 0.2) is 0 Å². The lowest BCUT2D eigenvalue weighted by molar-refractivity contribution is -0.139. The molecule has 2 fully saturated rings. The van der Waals surface area contributed by atoms with E-state index < -0.39 is 0 Å². The average molecular weight is 447 g/mol. The van der Waals surface area contributed by atoms with E-state index in [4.69, 9.17) is 0 Å². The van der Waals surface area contributed by atoms with Gasteiger partial charge in [0.25, 0.3) is 0 Å². The van der Waals surface area contributed by atoms with Gasteiger partial charge in [0, 0.05) is 55.9 Å². The minimum Gasteiger partial charge on any atom is -0.340 e. The third-order valence-electron chi connectivity index (χ3n) is 5.83. The van der Waals surface area contributed by atoms with Gasteiger partial charge in [-0.1, -0.05) is 39.3 Å². The minimum absolute atomic E-state index is 0.170. The zero-order valence-electron chi connectivity index (χ0n) is 16.1. The second-order valence-corrected chi connectivity index (χ2v) is 8.56. The molecule has 150 valence electrons. The zero-order valence-corrected chi connectivity index (χ0v) is 17.6. The summed E-state index contributed by atoms with van der Waals surface area (Å²) in [6.45, 7) is 7.20. The van der Waals surface area contributed by atoms with Crippen LogP contribution in [0.3, 0.4) is 0 Å². The number of hydrogen-bond donors (Lipinski definition) is 1. The second-order valence-electron chi connectivity index (χ2n) is 7.71. The third kappa shape index (κ3) is 4.79. The van der Waals surface area contributed by atoms with Gasteiger partial charge < -0.3 is 4.90 Å². The first kappa shape index (κ1) is 19.5. The lowest BCUT2D eigenvalue weighted by Gasteiger charge is -2.38. The smallest absolute Gasteiger partial charge is 0.225 e. The van der Waals surface area contributed by atoms with Crippen LogP contribution >= 0.6 is 15.9 Å². The Morgan fingerprint density at radius 3 is 2.43 bits per heavy atom. The van der Waals surface area contributed by atoms with E-state index in [0.29, 0.717) is 5.91 Å². The predicted octanol–water partition coefficient (Wildman–Crippen LogP) is 2.12. The summed E-state index contributed by atoms with van der Waals surface area (Å²) in [7, 11) is 0. The molecule has 7 nitrogen and oxygen atoms in total. The van der Waals surface area contributed by atoms with Gasteiger partial charge in [-0.2, -0.15) is 0 Å². The number of likely N-dealkylation sites (tertiary alicyclic amines) is 1. The van der Waals surface area contributed by atoms with E-state index >= 15 is 0 Å². The molecule has 28 heavy (non-hydrogen) atoms. The highest BCUT2D eigenvalue weighted by Gasteiger charge is 2.30. The van der Waals surface area contributed by atoms with Crippen molar-refractivity contribution in [2.75, 3.05) is 39.3 Å². The summed E-state index contributed by atoms with van der Waals surface area (Å²) in [5.74, 6) is 0.519. The molecule has 0 spiro atoms. The first-order chi connectivity index (χ1) is 13.7. The molecule has 2 aliphatic heterocycles. The first-order valence-electron chi connectivity index (χ1n) is 10.0. The summed E-state index contributed by atoms with van der Waals surface area (Å²) >= 11 is 3.63. The van der Waals surface area contributed by atoms with Crippen LogP contribution in [-0.4, -0.2) is 75.3 Å². The Hall–Kier alpha value is -1.77. The van der Waals surface area contributed by atoms with E-state index in [1.54, 1.807) is 0 Å². The Morgan fingerprint density at radius 1 is 1.04 bits per heavy atom. The van der Waals surface area contributed by atoms with Crippen LogP contribution in [0.15, 0.2) is 34.9 Å². The number of halogens is 1. The molecule has 0 atom stereocenters. The van der Waals surface area contributed by atoms with E-state index in [2.05, 4.69) is 64.2 Å². The van der Waals surface area contributed by atoms with Crippen LogP contribution in [0, 0.1) is 5.92 Å². The van der Waals surface area contributed by atoms with Gasteiger partial charge in [-0.15, -0.1) is 5.10 Å². The number of carbonyl (C=O) groups excluding carboxylic acids is 1. The van der Waals surface area contributed by atoms with Gasteiger partial charge >= 0.3 is 0 Å². The fourth-order valence-electron chi connectivity index (χ4n) is 4.12. The summed E-state index contributed by atoms with van der Waals surface area (Å²) < 4.78 is 1.16. The van der Waals surface area contributed by atoms with E-state index in [1.165, 1.54) is 5.56 Å². The molecule has 1 aromatic carbocycles. The molecule has 8 heteroatoms. The number of nitrogens with one attached hydrogen (secondary N) is 1. The van der Waals surface area contributed by atoms with Crippen LogP contribution in [0.4, 0.5) is 0 Å². The topological polar surface area (TPSA) is 68.4 Å². The van der Waals surface area contributed by atoms with Gasteiger partial charge in [-0.05, 0) is 37.6 Å². The van der Waals surface area contributed by atoms with Gasteiger partial charge in [0.05, 0.1) is 5.69 Å². The molecule has 2 aliphatic rings. The molecule has 1 N–H and O–H groups in total. The summed E-state index contributed by atoms with van der Waals surface area (Å²) in [6, 6.07) is 8.37. The number of rotatable bonds is 5. The van der Waals surface area contributed by atoms with Crippen molar-refractivity contribution in [2.24, 2.45) is 5.92 Å². The molecule has 2 saturated heterocycles. The fourth-order valence-corrected chi connectivity index (χ4v) is 4.53. The van der Waals surface area contributed by atoms with Gasteiger partial charge in [-0.25, -0.2) is 0 Å². The largest absolute Gasteiger partial charge is 0.340 e. The van der Waals surface area contributed by atoms with E-state index in [-0.39, 0.29) is 5.92 Å². The lowest BCUT2D eigenvalue weighted by atomic mass is 9.95. The molecule has 0 saturated carbocycles. The van der Waals surface area contributed by atoms with Crippen LogP contribution in [0.25, 0.3) is 0 Å². The Labute approximate surface area is 174 Å². The number of nitrogens with zero attached hydrogens (tertiary/aromatic N) is 5. The Kier molecular flexibility index (Phi) is 6.39. The molecule has 0 unspecified atom stereocenters. The number of carbonyl (C=O) groups is 1. The summed E-state index contributed by atoms with van der Waals surface area (Å²) in [6.07, 6.45) is 3.71. The predicted molar refractivity (Wildman–Crippen MR) is 110 cm³/mol. The molecular formula is C20H27BrN6O. The van der Waals surface area contributed by atoms with Crippen molar-refractivity contribution >= 4 is 21.8 Å². The number of benzene rings is 1. The van der Waals surface area contributed by atoms with Gasteiger partial charge in [0.1, 0.15) is 0 Å². The maximum Gasteiger partial charge on any atom is 0.225 e. The normalized spacial score (nSPS) is 19.8. The Balaban J connectivity index is 1.22. The molecule has 2 aromatic rings. The number of hydrogen-bond acceptors (Lipinski definition) is 5. The van der Waals surface area contributed by atoms with Crippen molar-refractivity contribution in [1.82, 2.24) is 30.1 Å². The average Bonchev–Trinajstić information content (AvgIpc) is 3.23. The molecule has 4 rings (SSSR count). The number of piperidine rings is 1. The quantitative estimate of drug-likeness (QED) is 0.761. The highest BCUT2D eigenvalue weighted by Crippen LogP contribution is 2.23. The van der Waals surface area contributed by atoms with Crippen LogP contribution in [0.2, 0.25) is 0 Å². The maximum absolute atomic E-state index is 12.9. The standard InChI is InChI=1S/C20H27BrN6O/c21-19-4-2-1-3-17(19)14-26-9-11-27(12-10-26)20(28)16-5-7-25(8-6-16)15-18-13-22-24-23-18/h1-4,13,16H,5-12,14-15H2,(H,22,23,24). The van der Waals surface area contributed by atoms with Crippen molar-refractivity contribution in [3.05, 3.63) is 46.2 Å². The maximum atomic E-state index is 12.9. The number of amides is 1. The van der Waals surface area contributed by atoms with E-state index in [1.807, 2.05) is 12.3 Å². The van der Waals surface area contributed by atoms with Crippen LogP contribution in [-0.2, 0) is 17.9 Å². The summed E-state index contributed by atoms with van der Waals surface area (Å²) in [4.78, 5) is 19.8. The Bertz CT molecular complexity index is 767. The van der Waals surface area contributed by atoms with Crippen molar-refractivity contribution in [3.8, 4) is 0 Å².